The van der Waals surface area contributed by atoms with Crippen molar-refractivity contribution in [2.45, 2.75) is 32.6 Å². The summed E-state index contributed by atoms with van der Waals surface area (Å²) in [6.45, 7) is 3.56. The van der Waals surface area contributed by atoms with Crippen molar-refractivity contribution in [3.8, 4) is 5.75 Å². The molecule has 0 aliphatic carbocycles. The minimum Gasteiger partial charge on any atom is -0.482 e. The van der Waals surface area contributed by atoms with E-state index in [1.807, 2.05) is 13.8 Å². The number of aliphatic hydroxyl groups is 2. The molecular formula is C14H23N3O5S. The predicted octanol–water partition coefficient (Wildman–Crippen LogP) is 0.377. The van der Waals surface area contributed by atoms with Crippen LogP contribution < -0.4 is 14.4 Å². The molecule has 0 spiro atoms. The van der Waals surface area contributed by atoms with Crippen LogP contribution in [0.2, 0.25) is 0 Å². The van der Waals surface area contributed by atoms with Crippen molar-refractivity contribution in [3.05, 3.63) is 12.1 Å². The fourth-order valence-electron chi connectivity index (χ4n) is 2.18. The number of aromatic nitrogens is 1. The highest BCUT2D eigenvalue weighted by Gasteiger charge is 2.32. The number of nitrogens with zero attached hydrogens (tertiary/aromatic N) is 2. The fourth-order valence-corrected chi connectivity index (χ4v) is 3.06. The molecule has 0 radical (unpaired) electrons. The van der Waals surface area contributed by atoms with Gasteiger partial charge in [0.15, 0.2) is 11.6 Å². The highest BCUT2D eigenvalue weighted by molar-refractivity contribution is 7.92. The Balaban J connectivity index is 2.33. The molecule has 0 amide bonds. The number of hydrogen-bond acceptors (Lipinski definition) is 7. The van der Waals surface area contributed by atoms with Gasteiger partial charge in [-0.2, -0.15) is 0 Å². The minimum absolute atomic E-state index is 0.00724. The van der Waals surface area contributed by atoms with E-state index in [0.29, 0.717) is 5.82 Å². The largest absolute Gasteiger partial charge is 0.482 e. The average Bonchev–Trinajstić information content (AvgIpc) is 2.51. The maximum absolute atomic E-state index is 12.0. The van der Waals surface area contributed by atoms with Gasteiger partial charge < -0.3 is 20.3 Å². The lowest BCUT2D eigenvalue weighted by Gasteiger charge is -2.33. The molecular weight excluding hydrogens is 322 g/mol. The Hall–Kier alpha value is -1.58. The van der Waals surface area contributed by atoms with Crippen molar-refractivity contribution in [2.24, 2.45) is 5.92 Å². The molecule has 3 N–H and O–H groups in total. The van der Waals surface area contributed by atoms with Gasteiger partial charge in [0.1, 0.15) is 18.1 Å². The van der Waals surface area contributed by atoms with Crippen LogP contribution in [0, 0.1) is 5.92 Å². The monoisotopic (exact) mass is 345 g/mol. The number of ether oxygens (including phenoxy) is 1. The van der Waals surface area contributed by atoms with E-state index in [1.54, 1.807) is 12.1 Å². The van der Waals surface area contributed by atoms with Crippen LogP contribution in [0.1, 0.15) is 20.3 Å². The number of hydrogen-bond donors (Lipinski definition) is 3. The first-order valence-corrected chi connectivity index (χ1v) is 9.32. The topological polar surface area (TPSA) is 112 Å². The summed E-state index contributed by atoms with van der Waals surface area (Å²) in [5, 5.41) is 22.1. The number of fused-ring (bicyclic) bond motifs is 1. The fraction of sp³-hybridized carbons (Fsp3) is 0.643. The van der Waals surface area contributed by atoms with E-state index >= 15 is 0 Å². The van der Waals surface area contributed by atoms with E-state index in [4.69, 9.17) is 4.74 Å². The molecule has 2 heterocycles. The molecule has 2 rings (SSSR count). The zero-order valence-electron chi connectivity index (χ0n) is 13.4. The molecule has 0 saturated heterocycles. The summed E-state index contributed by atoms with van der Waals surface area (Å²) < 4.78 is 30.6. The molecule has 0 saturated carbocycles. The normalized spacial score (nSPS) is 20.4. The smallest absolute Gasteiger partial charge is 0.233 e. The van der Waals surface area contributed by atoms with Gasteiger partial charge in [0, 0.05) is 5.92 Å². The van der Waals surface area contributed by atoms with Gasteiger partial charge >= 0.3 is 0 Å². The molecule has 0 bridgehead atoms. The lowest BCUT2D eigenvalue weighted by atomic mass is 10.1. The van der Waals surface area contributed by atoms with Crippen molar-refractivity contribution in [2.75, 3.05) is 29.0 Å². The molecule has 1 aliphatic heterocycles. The first kappa shape index (κ1) is 17.8. The van der Waals surface area contributed by atoms with Crippen molar-refractivity contribution < 1.29 is 23.4 Å². The summed E-state index contributed by atoms with van der Waals surface area (Å²) in [4.78, 5) is 4.26. The first-order chi connectivity index (χ1) is 10.8. The number of anilines is 2. The molecule has 1 unspecified atom stereocenters. The van der Waals surface area contributed by atoms with Crippen LogP contribution in [0.25, 0.3) is 0 Å². The van der Waals surface area contributed by atoms with Crippen LogP contribution >= 0.6 is 0 Å². The lowest BCUT2D eigenvalue weighted by molar-refractivity contribution is 0.115. The molecule has 0 fully saturated rings. The molecule has 23 heavy (non-hydrogen) atoms. The van der Waals surface area contributed by atoms with Gasteiger partial charge in [-0.3, -0.25) is 0 Å². The molecule has 130 valence electrons. The SMILES string of the molecule is CC[C@H](C)C(O)Nc1ccc2c(n1)N(S(C)(=O)=O)C[C@H](CO)O2. The number of pyridine rings is 1. The number of rotatable bonds is 6. The zero-order valence-corrected chi connectivity index (χ0v) is 14.2. The highest BCUT2D eigenvalue weighted by atomic mass is 32.2. The van der Waals surface area contributed by atoms with Crippen LogP contribution in [0.4, 0.5) is 11.6 Å². The lowest BCUT2D eigenvalue weighted by Crippen LogP contribution is -2.45. The summed E-state index contributed by atoms with van der Waals surface area (Å²) in [6.07, 6.45) is 0.442. The van der Waals surface area contributed by atoms with E-state index in [-0.39, 0.29) is 30.6 Å². The molecule has 1 aliphatic rings. The third-order valence-corrected chi connectivity index (χ3v) is 4.94. The van der Waals surface area contributed by atoms with Gasteiger partial charge in [-0.1, -0.05) is 13.8 Å². The second kappa shape index (κ2) is 6.90. The van der Waals surface area contributed by atoms with Gasteiger partial charge in [0.2, 0.25) is 10.0 Å². The quantitative estimate of drug-likeness (QED) is 0.639. The summed E-state index contributed by atoms with van der Waals surface area (Å²) in [5.41, 5.74) is 0. The Morgan fingerprint density at radius 3 is 2.78 bits per heavy atom. The third-order valence-electron chi connectivity index (χ3n) is 3.82. The van der Waals surface area contributed by atoms with Crippen molar-refractivity contribution in [1.82, 2.24) is 4.98 Å². The van der Waals surface area contributed by atoms with E-state index in [9.17, 15) is 18.6 Å². The van der Waals surface area contributed by atoms with Gasteiger partial charge in [-0.25, -0.2) is 17.7 Å². The van der Waals surface area contributed by atoms with E-state index < -0.39 is 22.4 Å². The highest BCUT2D eigenvalue weighted by Crippen LogP contribution is 2.34. The third kappa shape index (κ3) is 4.04. The maximum atomic E-state index is 12.0. The van der Waals surface area contributed by atoms with Crippen LogP contribution in [0.3, 0.4) is 0 Å². The molecule has 8 nitrogen and oxygen atoms in total. The number of sulfonamides is 1. The summed E-state index contributed by atoms with van der Waals surface area (Å²) >= 11 is 0. The molecule has 1 aromatic heterocycles. The number of nitrogens with one attached hydrogen (secondary N) is 1. The van der Waals surface area contributed by atoms with E-state index in [0.717, 1.165) is 17.0 Å². The Morgan fingerprint density at radius 2 is 2.22 bits per heavy atom. The maximum Gasteiger partial charge on any atom is 0.233 e. The van der Waals surface area contributed by atoms with Gasteiger partial charge in [-0.05, 0) is 18.6 Å². The van der Waals surface area contributed by atoms with Crippen LogP contribution in [-0.4, -0.2) is 55.4 Å². The van der Waals surface area contributed by atoms with Crippen molar-refractivity contribution in [1.29, 1.82) is 0 Å². The van der Waals surface area contributed by atoms with Gasteiger partial charge in [-0.15, -0.1) is 0 Å². The van der Waals surface area contributed by atoms with E-state index in [2.05, 4.69) is 10.3 Å². The van der Waals surface area contributed by atoms with E-state index in [1.165, 1.54) is 0 Å². The summed E-state index contributed by atoms with van der Waals surface area (Å²) in [7, 11) is -3.56. The predicted molar refractivity (Wildman–Crippen MR) is 87.0 cm³/mol. The molecule has 3 atom stereocenters. The summed E-state index contributed by atoms with van der Waals surface area (Å²) in [6, 6.07) is 3.18. The molecule has 0 aromatic carbocycles. The Morgan fingerprint density at radius 1 is 1.52 bits per heavy atom. The van der Waals surface area contributed by atoms with Crippen molar-refractivity contribution in [3.63, 3.8) is 0 Å². The molecule has 1 aromatic rings. The Bertz CT molecular complexity index is 652. The Kier molecular flexibility index (Phi) is 5.33. The van der Waals surface area contributed by atoms with Crippen LogP contribution in [0.5, 0.6) is 5.75 Å². The average molecular weight is 345 g/mol. The van der Waals surface area contributed by atoms with Gasteiger partial charge in [0.25, 0.3) is 0 Å². The first-order valence-electron chi connectivity index (χ1n) is 7.47. The molecule has 9 heteroatoms. The zero-order chi connectivity index (χ0) is 17.2. The van der Waals surface area contributed by atoms with Crippen molar-refractivity contribution >= 4 is 21.7 Å². The minimum atomic E-state index is -3.56. The second-order valence-electron chi connectivity index (χ2n) is 5.71. The van der Waals surface area contributed by atoms with Crippen LogP contribution in [0.15, 0.2) is 12.1 Å². The summed E-state index contributed by atoms with van der Waals surface area (Å²) in [5.74, 6) is 0.813. The Labute approximate surface area is 136 Å². The second-order valence-corrected chi connectivity index (χ2v) is 7.62. The van der Waals surface area contributed by atoms with Crippen LogP contribution in [-0.2, 0) is 10.0 Å². The number of aliphatic hydroxyl groups excluding tert-OH is 2. The standard InChI is InChI=1S/C14H23N3O5S/c1-4-9(2)14(19)16-12-6-5-11-13(15-12)17(23(3,20)21)7-10(8-18)22-11/h5-6,9-10,14,18-19H,4,7-8H2,1-3H3,(H,15,16)/t9-,10+,14?/m0/s1. The van der Waals surface area contributed by atoms with Gasteiger partial charge in [0.05, 0.1) is 19.4 Å².